The number of hydrogen-bond acceptors (Lipinski definition) is 5. The molecule has 0 spiro atoms. The monoisotopic (exact) mass is 542 g/mol. The fraction of sp³-hybridized carbons (Fsp3) is 0.303. The molecule has 0 fully saturated rings. The summed E-state index contributed by atoms with van der Waals surface area (Å²) in [4.78, 5) is 40.0. The van der Waals surface area contributed by atoms with Crippen LogP contribution in [0.25, 0.3) is 10.8 Å². The van der Waals surface area contributed by atoms with E-state index in [4.69, 9.17) is 9.47 Å². The molecule has 0 heterocycles. The van der Waals surface area contributed by atoms with Crippen molar-refractivity contribution in [3.05, 3.63) is 109 Å². The Labute approximate surface area is 236 Å². The fourth-order valence-corrected chi connectivity index (χ4v) is 4.54. The molecule has 0 aliphatic rings. The van der Waals surface area contributed by atoms with Crippen LogP contribution in [0.4, 0.5) is 4.79 Å². The van der Waals surface area contributed by atoms with Gasteiger partial charge >= 0.3 is 12.1 Å². The lowest BCUT2D eigenvalue weighted by Gasteiger charge is -2.30. The minimum atomic E-state index is -1.15. The number of ether oxygens (including phenoxy) is 2. The Morgan fingerprint density at radius 2 is 1.40 bits per heavy atom. The summed E-state index contributed by atoms with van der Waals surface area (Å²) in [6.07, 6.45) is 2.44. The Balaban J connectivity index is 2.02. The smallest absolute Gasteiger partial charge is 0.408 e. The van der Waals surface area contributed by atoms with E-state index in [1.165, 1.54) is 0 Å². The van der Waals surface area contributed by atoms with Gasteiger partial charge in [0.25, 0.3) is 0 Å². The highest BCUT2D eigenvalue weighted by Gasteiger charge is 2.36. The van der Waals surface area contributed by atoms with Gasteiger partial charge < -0.3 is 20.1 Å². The number of carbonyl (C=O) groups is 3. The minimum absolute atomic E-state index is 0.135. The number of esters is 1. The first-order chi connectivity index (χ1) is 19.1. The molecule has 0 aromatic heterocycles. The molecule has 4 unspecified atom stereocenters. The number of rotatable bonds is 11. The van der Waals surface area contributed by atoms with Crippen molar-refractivity contribution >= 4 is 28.7 Å². The summed E-state index contributed by atoms with van der Waals surface area (Å²) < 4.78 is 10.8. The predicted molar refractivity (Wildman–Crippen MR) is 158 cm³/mol. The van der Waals surface area contributed by atoms with Crippen molar-refractivity contribution in [1.82, 2.24) is 10.6 Å². The van der Waals surface area contributed by atoms with E-state index in [0.29, 0.717) is 0 Å². The molecule has 3 rings (SSSR count). The molecule has 40 heavy (non-hydrogen) atoms. The molecule has 0 saturated heterocycles. The van der Waals surface area contributed by atoms with Gasteiger partial charge in [-0.25, -0.2) is 9.59 Å². The zero-order valence-electron chi connectivity index (χ0n) is 23.6. The zero-order chi connectivity index (χ0) is 29.3. The third-order valence-electron chi connectivity index (χ3n) is 6.36. The van der Waals surface area contributed by atoms with Gasteiger partial charge in [-0.05, 0) is 49.6 Å². The zero-order valence-corrected chi connectivity index (χ0v) is 23.6. The molecule has 2 N–H and O–H groups in total. The van der Waals surface area contributed by atoms with Crippen molar-refractivity contribution in [2.24, 2.45) is 0 Å². The quantitative estimate of drug-likeness (QED) is 0.228. The lowest BCUT2D eigenvalue weighted by atomic mass is 9.88. The van der Waals surface area contributed by atoms with E-state index >= 15 is 0 Å². The molecule has 0 aliphatic carbocycles. The van der Waals surface area contributed by atoms with E-state index < -0.39 is 47.5 Å². The second-order valence-electron chi connectivity index (χ2n) is 10.4. The largest absolute Gasteiger partial charge is 0.464 e. The summed E-state index contributed by atoms with van der Waals surface area (Å²) >= 11 is 0. The standard InChI is InChI=1S/C33H38N2O5/c1-7-26(23-16-11-10-12-17-23)29(31(37)39-9-3)34-30(36)28(35-32(38)40-33(4,5)6)27(8-2)25-20-19-22-15-13-14-18-24(22)21-25/h7-8,10-21,26-29H,1-2,9H2,3-6H3,(H,34,36)(H,35,38). The molecule has 2 amide bonds. The van der Waals surface area contributed by atoms with Crippen LogP contribution in [0, 0.1) is 0 Å². The summed E-state index contributed by atoms with van der Waals surface area (Å²) in [6.45, 7) is 14.9. The van der Waals surface area contributed by atoms with Gasteiger partial charge in [0.05, 0.1) is 6.61 Å². The van der Waals surface area contributed by atoms with Gasteiger partial charge in [-0.15, -0.1) is 13.2 Å². The lowest BCUT2D eigenvalue weighted by Crippen LogP contribution is -2.55. The molecule has 3 aromatic rings. The van der Waals surface area contributed by atoms with Gasteiger partial charge in [0.1, 0.15) is 17.7 Å². The van der Waals surface area contributed by atoms with Crippen molar-refractivity contribution < 1.29 is 23.9 Å². The van der Waals surface area contributed by atoms with Gasteiger partial charge in [-0.3, -0.25) is 4.79 Å². The molecule has 3 aromatic carbocycles. The fourth-order valence-electron chi connectivity index (χ4n) is 4.54. The van der Waals surface area contributed by atoms with Crippen molar-refractivity contribution in [3.8, 4) is 0 Å². The SMILES string of the molecule is C=CC(c1ccc2ccccc2c1)C(NC(=O)OC(C)(C)C)C(=O)NC(C(=O)OCC)C(C=C)c1ccccc1. The van der Waals surface area contributed by atoms with Crippen LogP contribution < -0.4 is 10.6 Å². The Morgan fingerprint density at radius 3 is 2.00 bits per heavy atom. The molecule has 7 heteroatoms. The van der Waals surface area contributed by atoms with Crippen LogP contribution >= 0.6 is 0 Å². The summed E-state index contributed by atoms with van der Waals surface area (Å²) in [6, 6.07) is 20.7. The maximum absolute atomic E-state index is 14.0. The average Bonchev–Trinajstić information content (AvgIpc) is 2.92. The average molecular weight is 543 g/mol. The molecule has 0 saturated carbocycles. The van der Waals surface area contributed by atoms with Crippen LogP contribution in [-0.2, 0) is 19.1 Å². The van der Waals surface area contributed by atoms with Crippen molar-refractivity contribution in [2.75, 3.05) is 6.61 Å². The second-order valence-corrected chi connectivity index (χ2v) is 10.4. The molecular formula is C33H38N2O5. The number of benzene rings is 3. The Morgan fingerprint density at radius 1 is 0.800 bits per heavy atom. The molecule has 7 nitrogen and oxygen atoms in total. The first-order valence-electron chi connectivity index (χ1n) is 13.3. The van der Waals surface area contributed by atoms with E-state index in [2.05, 4.69) is 23.8 Å². The Bertz CT molecular complexity index is 1350. The van der Waals surface area contributed by atoms with E-state index in [-0.39, 0.29) is 6.61 Å². The molecule has 0 aliphatic heterocycles. The Hall–Kier alpha value is -4.39. The van der Waals surface area contributed by atoms with Crippen LogP contribution in [0.3, 0.4) is 0 Å². The van der Waals surface area contributed by atoms with Crippen LogP contribution in [0.15, 0.2) is 98.1 Å². The number of alkyl carbamates (subject to hydrolysis) is 1. The molecular weight excluding hydrogens is 504 g/mol. The number of fused-ring (bicyclic) bond motifs is 1. The number of carbonyl (C=O) groups excluding carboxylic acids is 3. The highest BCUT2D eigenvalue weighted by atomic mass is 16.6. The minimum Gasteiger partial charge on any atom is -0.464 e. The predicted octanol–water partition coefficient (Wildman–Crippen LogP) is 6.02. The summed E-state index contributed by atoms with van der Waals surface area (Å²) in [5, 5.41) is 7.57. The van der Waals surface area contributed by atoms with E-state index in [1.807, 2.05) is 72.8 Å². The number of nitrogens with one attached hydrogen (secondary N) is 2. The maximum atomic E-state index is 14.0. The van der Waals surface area contributed by atoms with E-state index in [9.17, 15) is 14.4 Å². The first kappa shape index (κ1) is 30.2. The highest BCUT2D eigenvalue weighted by Crippen LogP contribution is 2.27. The summed E-state index contributed by atoms with van der Waals surface area (Å²) in [7, 11) is 0. The summed E-state index contributed by atoms with van der Waals surface area (Å²) in [5.41, 5.74) is 0.759. The first-order valence-corrected chi connectivity index (χ1v) is 13.3. The van der Waals surface area contributed by atoms with E-state index in [0.717, 1.165) is 21.9 Å². The molecule has 0 radical (unpaired) electrons. The van der Waals surface area contributed by atoms with Crippen LogP contribution in [-0.4, -0.2) is 42.3 Å². The highest BCUT2D eigenvalue weighted by molar-refractivity contribution is 5.92. The molecule has 4 atom stereocenters. The van der Waals surface area contributed by atoms with Gasteiger partial charge in [-0.1, -0.05) is 84.9 Å². The van der Waals surface area contributed by atoms with Gasteiger partial charge in [0.15, 0.2) is 0 Å². The van der Waals surface area contributed by atoms with Crippen LogP contribution in [0.5, 0.6) is 0 Å². The topological polar surface area (TPSA) is 93.7 Å². The van der Waals surface area contributed by atoms with Crippen molar-refractivity contribution in [1.29, 1.82) is 0 Å². The van der Waals surface area contributed by atoms with Gasteiger partial charge in [-0.2, -0.15) is 0 Å². The maximum Gasteiger partial charge on any atom is 0.408 e. The molecule has 0 bridgehead atoms. The van der Waals surface area contributed by atoms with Crippen molar-refractivity contribution in [3.63, 3.8) is 0 Å². The number of hydrogen-bond donors (Lipinski definition) is 2. The van der Waals surface area contributed by atoms with Crippen molar-refractivity contribution in [2.45, 2.75) is 57.2 Å². The third-order valence-corrected chi connectivity index (χ3v) is 6.36. The summed E-state index contributed by atoms with van der Waals surface area (Å²) in [5.74, 6) is -2.42. The lowest BCUT2D eigenvalue weighted by molar-refractivity contribution is -0.148. The second kappa shape index (κ2) is 13.6. The van der Waals surface area contributed by atoms with Gasteiger partial charge in [0.2, 0.25) is 5.91 Å². The Kier molecular flexibility index (Phi) is 10.3. The molecule has 210 valence electrons. The van der Waals surface area contributed by atoms with Crippen LogP contribution in [0.2, 0.25) is 0 Å². The third kappa shape index (κ3) is 7.82. The van der Waals surface area contributed by atoms with Crippen LogP contribution in [0.1, 0.15) is 50.7 Å². The normalized spacial score (nSPS) is 14.2. The van der Waals surface area contributed by atoms with Gasteiger partial charge in [0, 0.05) is 11.8 Å². The van der Waals surface area contributed by atoms with E-state index in [1.54, 1.807) is 39.8 Å². The number of amides is 2.